The number of carboxylic acids is 1. The zero-order valence-electron chi connectivity index (χ0n) is 20.6. The molecule has 0 aliphatic carbocycles. The SMILES string of the molecule is CC(NCCN)c1ncc(-c2ccnc(Nc3cccc(CN4CCN(CC(=O)O)CC4)c3)c2)cn1. The van der Waals surface area contributed by atoms with E-state index in [9.17, 15) is 4.79 Å². The number of anilines is 2. The molecule has 0 amide bonds. The van der Waals surface area contributed by atoms with Crippen molar-refractivity contribution in [2.75, 3.05) is 51.1 Å². The Morgan fingerprint density at radius 1 is 1.06 bits per heavy atom. The maximum Gasteiger partial charge on any atom is 0.317 e. The number of piperazine rings is 1. The van der Waals surface area contributed by atoms with Crippen LogP contribution in [0.5, 0.6) is 0 Å². The molecular formula is C26H34N8O2. The molecule has 1 aliphatic rings. The van der Waals surface area contributed by atoms with Crippen LogP contribution >= 0.6 is 0 Å². The van der Waals surface area contributed by atoms with E-state index in [2.05, 4.69) is 42.6 Å². The van der Waals surface area contributed by atoms with Gasteiger partial charge in [-0.2, -0.15) is 0 Å². The van der Waals surface area contributed by atoms with Gasteiger partial charge in [0.25, 0.3) is 0 Å². The van der Waals surface area contributed by atoms with E-state index >= 15 is 0 Å². The molecule has 190 valence electrons. The summed E-state index contributed by atoms with van der Waals surface area (Å²) in [6.45, 7) is 7.51. The molecule has 0 radical (unpaired) electrons. The van der Waals surface area contributed by atoms with Gasteiger partial charge in [-0.25, -0.2) is 15.0 Å². The lowest BCUT2D eigenvalue weighted by Crippen LogP contribution is -2.47. The Morgan fingerprint density at radius 2 is 1.81 bits per heavy atom. The van der Waals surface area contributed by atoms with E-state index in [1.54, 1.807) is 6.20 Å². The molecule has 1 atom stereocenters. The van der Waals surface area contributed by atoms with Gasteiger partial charge in [-0.05, 0) is 42.3 Å². The monoisotopic (exact) mass is 490 g/mol. The first-order chi connectivity index (χ1) is 17.5. The number of carboxylic acid groups (broad SMARTS) is 1. The molecule has 4 rings (SSSR count). The molecule has 3 aromatic rings. The Kier molecular flexibility index (Phi) is 8.90. The second-order valence-electron chi connectivity index (χ2n) is 9.00. The summed E-state index contributed by atoms with van der Waals surface area (Å²) in [6.07, 6.45) is 5.44. The number of pyridine rings is 1. The van der Waals surface area contributed by atoms with E-state index in [4.69, 9.17) is 10.8 Å². The van der Waals surface area contributed by atoms with E-state index in [-0.39, 0.29) is 12.6 Å². The average Bonchev–Trinajstić information content (AvgIpc) is 2.88. The van der Waals surface area contributed by atoms with E-state index in [0.717, 1.165) is 67.7 Å². The summed E-state index contributed by atoms with van der Waals surface area (Å²) >= 11 is 0. The van der Waals surface area contributed by atoms with Crippen LogP contribution in [0.1, 0.15) is 24.4 Å². The fourth-order valence-electron chi connectivity index (χ4n) is 4.23. The Morgan fingerprint density at radius 3 is 2.53 bits per heavy atom. The topological polar surface area (TPSA) is 133 Å². The van der Waals surface area contributed by atoms with Gasteiger partial charge >= 0.3 is 5.97 Å². The van der Waals surface area contributed by atoms with Gasteiger partial charge in [0.1, 0.15) is 11.6 Å². The predicted octanol–water partition coefficient (Wildman–Crippen LogP) is 2.09. The van der Waals surface area contributed by atoms with E-state index in [1.165, 1.54) is 5.56 Å². The minimum atomic E-state index is -0.769. The average molecular weight is 491 g/mol. The number of nitrogens with two attached hydrogens (primary N) is 1. The minimum Gasteiger partial charge on any atom is -0.480 e. The number of benzene rings is 1. The van der Waals surface area contributed by atoms with Crippen molar-refractivity contribution in [1.82, 2.24) is 30.1 Å². The Hall–Kier alpha value is -3.44. The number of hydrogen-bond donors (Lipinski definition) is 4. The lowest BCUT2D eigenvalue weighted by molar-refractivity contribution is -0.138. The molecule has 36 heavy (non-hydrogen) atoms. The molecule has 10 heteroatoms. The van der Waals surface area contributed by atoms with Gasteiger partial charge in [0, 0.05) is 75.7 Å². The number of aromatic nitrogens is 3. The number of aliphatic carboxylic acids is 1. The van der Waals surface area contributed by atoms with Gasteiger partial charge in [0.15, 0.2) is 0 Å². The highest BCUT2D eigenvalue weighted by Crippen LogP contribution is 2.23. The molecule has 0 spiro atoms. The largest absolute Gasteiger partial charge is 0.480 e. The quantitative estimate of drug-likeness (QED) is 0.317. The number of hydrogen-bond acceptors (Lipinski definition) is 9. The fraction of sp³-hybridized carbons (Fsp3) is 0.385. The first kappa shape index (κ1) is 25.6. The number of nitrogens with zero attached hydrogens (tertiary/aromatic N) is 5. The molecule has 1 aliphatic heterocycles. The van der Waals surface area contributed by atoms with Crippen LogP contribution in [0.2, 0.25) is 0 Å². The zero-order valence-corrected chi connectivity index (χ0v) is 20.6. The highest BCUT2D eigenvalue weighted by atomic mass is 16.4. The summed E-state index contributed by atoms with van der Waals surface area (Å²) in [5.74, 6) is 0.711. The summed E-state index contributed by atoms with van der Waals surface area (Å²) < 4.78 is 0. The van der Waals surface area contributed by atoms with Crippen LogP contribution in [0.4, 0.5) is 11.5 Å². The maximum atomic E-state index is 10.9. The van der Waals surface area contributed by atoms with E-state index in [0.29, 0.717) is 6.54 Å². The van der Waals surface area contributed by atoms with Crippen molar-refractivity contribution in [2.45, 2.75) is 19.5 Å². The van der Waals surface area contributed by atoms with Gasteiger partial charge in [-0.3, -0.25) is 14.6 Å². The first-order valence-electron chi connectivity index (χ1n) is 12.2. The van der Waals surface area contributed by atoms with Crippen LogP contribution in [-0.4, -0.2) is 81.6 Å². The van der Waals surface area contributed by atoms with Crippen LogP contribution in [-0.2, 0) is 11.3 Å². The van der Waals surface area contributed by atoms with Gasteiger partial charge in [0.05, 0.1) is 12.6 Å². The second kappa shape index (κ2) is 12.5. The van der Waals surface area contributed by atoms with Crippen LogP contribution in [0.25, 0.3) is 11.1 Å². The molecule has 0 saturated carbocycles. The van der Waals surface area contributed by atoms with Crippen LogP contribution in [0, 0.1) is 0 Å². The van der Waals surface area contributed by atoms with E-state index in [1.807, 2.05) is 48.5 Å². The molecule has 0 bridgehead atoms. The molecule has 1 fully saturated rings. The normalized spacial score (nSPS) is 15.5. The van der Waals surface area contributed by atoms with Gasteiger partial charge in [-0.15, -0.1) is 0 Å². The molecule has 1 aromatic carbocycles. The number of carbonyl (C=O) groups is 1. The van der Waals surface area contributed by atoms with Crippen molar-refractivity contribution in [1.29, 1.82) is 0 Å². The van der Waals surface area contributed by atoms with Crippen LogP contribution in [0.3, 0.4) is 0 Å². The van der Waals surface area contributed by atoms with E-state index < -0.39 is 5.97 Å². The van der Waals surface area contributed by atoms with Gasteiger partial charge < -0.3 is 21.5 Å². The molecule has 1 saturated heterocycles. The van der Waals surface area contributed by atoms with Crippen molar-refractivity contribution in [3.05, 3.63) is 66.4 Å². The zero-order chi connectivity index (χ0) is 25.3. The van der Waals surface area contributed by atoms with Gasteiger partial charge in [0.2, 0.25) is 0 Å². The van der Waals surface area contributed by atoms with Gasteiger partial charge in [-0.1, -0.05) is 12.1 Å². The fourth-order valence-corrected chi connectivity index (χ4v) is 4.23. The third-order valence-corrected chi connectivity index (χ3v) is 6.18. The Bertz CT molecular complexity index is 1130. The summed E-state index contributed by atoms with van der Waals surface area (Å²) in [5.41, 5.74) is 9.63. The number of rotatable bonds is 11. The molecule has 3 heterocycles. The Balaban J connectivity index is 1.36. The second-order valence-corrected chi connectivity index (χ2v) is 9.00. The first-order valence-corrected chi connectivity index (χ1v) is 12.2. The van der Waals surface area contributed by atoms with Crippen molar-refractivity contribution in [3.8, 4) is 11.1 Å². The maximum absolute atomic E-state index is 10.9. The van der Waals surface area contributed by atoms with Crippen molar-refractivity contribution in [2.24, 2.45) is 5.73 Å². The summed E-state index contributed by atoms with van der Waals surface area (Å²) in [6, 6.07) is 12.3. The third-order valence-electron chi connectivity index (χ3n) is 6.18. The number of nitrogens with one attached hydrogen (secondary N) is 2. The summed E-state index contributed by atoms with van der Waals surface area (Å²) in [7, 11) is 0. The summed E-state index contributed by atoms with van der Waals surface area (Å²) in [4.78, 5) is 28.8. The predicted molar refractivity (Wildman–Crippen MR) is 140 cm³/mol. The standard InChI is InChI=1S/C26H34N8O2/c1-19(28-8-6-27)26-30-15-22(16-31-26)21-5-7-29-24(14-21)32-23-4-2-3-20(13-23)17-33-9-11-34(12-10-33)18-25(35)36/h2-5,7,13-16,19,28H,6,8-12,17-18,27H2,1H3,(H,29,32)(H,35,36). The minimum absolute atomic E-state index is 0.0400. The highest BCUT2D eigenvalue weighted by molar-refractivity contribution is 5.69. The van der Waals surface area contributed by atoms with Crippen molar-refractivity contribution < 1.29 is 9.90 Å². The molecular weight excluding hydrogens is 456 g/mol. The molecule has 5 N–H and O–H groups in total. The lowest BCUT2D eigenvalue weighted by Gasteiger charge is -2.33. The third kappa shape index (κ3) is 7.28. The van der Waals surface area contributed by atoms with Crippen molar-refractivity contribution in [3.63, 3.8) is 0 Å². The van der Waals surface area contributed by atoms with Crippen LogP contribution in [0.15, 0.2) is 55.0 Å². The smallest absolute Gasteiger partial charge is 0.317 e. The molecule has 2 aromatic heterocycles. The van der Waals surface area contributed by atoms with Crippen molar-refractivity contribution >= 4 is 17.5 Å². The Labute approximate surface area is 211 Å². The molecule has 1 unspecified atom stereocenters. The molecule has 10 nitrogen and oxygen atoms in total. The van der Waals surface area contributed by atoms with Crippen LogP contribution < -0.4 is 16.4 Å². The lowest BCUT2D eigenvalue weighted by atomic mass is 10.1. The summed E-state index contributed by atoms with van der Waals surface area (Å²) in [5, 5.41) is 15.7. The highest BCUT2D eigenvalue weighted by Gasteiger charge is 2.18.